The van der Waals surface area contributed by atoms with Gasteiger partial charge in [0, 0.05) is 97.9 Å². The van der Waals surface area contributed by atoms with E-state index in [4.69, 9.17) is 11.6 Å². The summed E-state index contributed by atoms with van der Waals surface area (Å²) in [6, 6.07) is 47.8. The molecule has 14 heteroatoms. The van der Waals surface area contributed by atoms with Crippen molar-refractivity contribution in [2.24, 2.45) is 0 Å². The van der Waals surface area contributed by atoms with E-state index in [1.54, 1.807) is 0 Å². The number of thioether (sulfide) groups is 1. The Hall–Kier alpha value is -6.36. The molecule has 0 aromatic heterocycles. The monoisotopic (exact) mass is 1200 g/mol. The topological polar surface area (TPSA) is 12.5 Å². The van der Waals surface area contributed by atoms with Crippen LogP contribution in [0.25, 0.3) is 10.8 Å². The Labute approximate surface area is 502 Å². The molecule has 0 bridgehead atoms. The fourth-order valence-electron chi connectivity index (χ4n) is 12.8. The number of halogens is 8. The van der Waals surface area contributed by atoms with E-state index in [0.717, 1.165) is 17.9 Å². The normalized spacial score (nSPS) is 20.0. The van der Waals surface area contributed by atoms with E-state index in [1.807, 2.05) is 17.8 Å². The Morgan fingerprint density at radius 3 is 1.78 bits per heavy atom. The molecule has 0 unspecified atom stereocenters. The number of nitrogens with zero attached hydrogens (tertiary/aromatic N) is 4. The fraction of sp³-hybridized carbons (Fsp3) is 0.275. The Bertz CT molecular complexity index is 3750. The van der Waals surface area contributed by atoms with Gasteiger partial charge in [-0.25, -0.2) is 0 Å². The third kappa shape index (κ3) is 13.1. The summed E-state index contributed by atoms with van der Waals surface area (Å²) in [5, 5.41) is 3.42. The summed E-state index contributed by atoms with van der Waals surface area (Å²) in [5.41, 5.74) is 18.5. The molecule has 0 radical (unpaired) electrons. The molecule has 4 aliphatic heterocycles. The minimum absolute atomic E-state index is 0. The van der Waals surface area contributed by atoms with Crippen LogP contribution in [-0.4, -0.2) is 48.8 Å². The molecule has 0 saturated carbocycles. The van der Waals surface area contributed by atoms with Crippen molar-refractivity contribution < 1.29 is 47.2 Å². The standard InChI is InChI=1S/C38H41N2S.C31H32ClN2.ClH.F5P.FH/c1-37(2)30-19-10-12-21-32(30)39(5)34(37)25-23-27-15-14-16-28(36(27)41-29-17-8-7-9-18-29)24-26-35-38(3,4)31-20-11-13-22-33(31)40(35)6;1-30(2)24-20-22(32)17-19-25(24)33(5)27(30)14-8-7-9-15-28-31(3,4)29-23-13-11-10-12-21(23)16-18-26(29)34(28)6;;1-6(2,3,4)5;/h7-13,17-26H,14-16H2,1-6H3;7-20H,1-6H3;1H;;1H/q2*+1;;;/p-2. The summed E-state index contributed by atoms with van der Waals surface area (Å²) in [6.45, 7) is 18.6. The van der Waals surface area contributed by atoms with E-state index < -0.39 is 8.16 Å². The Morgan fingerprint density at radius 2 is 1.11 bits per heavy atom. The zero-order valence-corrected chi connectivity index (χ0v) is 52.4. The molecule has 4 heterocycles. The van der Waals surface area contributed by atoms with E-state index in [0.29, 0.717) is 0 Å². The molecule has 83 heavy (non-hydrogen) atoms. The largest absolute Gasteiger partial charge is 1.00 e. The van der Waals surface area contributed by atoms with Crippen LogP contribution < -0.4 is 26.9 Å². The van der Waals surface area contributed by atoms with Gasteiger partial charge in [0.05, 0.1) is 10.8 Å². The van der Waals surface area contributed by atoms with E-state index >= 15 is 0 Å². The van der Waals surface area contributed by atoms with E-state index in [2.05, 4.69) is 285 Å². The van der Waals surface area contributed by atoms with Gasteiger partial charge in [-0.2, -0.15) is 9.15 Å². The fourth-order valence-corrected chi connectivity index (χ4v) is 14.1. The van der Waals surface area contributed by atoms with Crippen LogP contribution in [0, 0.1) is 0 Å². The summed E-state index contributed by atoms with van der Waals surface area (Å²) < 4.78 is 53.9. The van der Waals surface area contributed by atoms with Crippen molar-refractivity contribution in [1.82, 2.24) is 0 Å². The minimum Gasteiger partial charge on any atom is -1.00 e. The Balaban J connectivity index is 0.000000215. The maximum atomic E-state index is 9.84. The molecule has 0 N–H and O–H groups in total. The molecule has 4 nitrogen and oxygen atoms in total. The first-order chi connectivity index (χ1) is 38.1. The SMILES string of the molecule is CN1/C(=C/C=C/C=C/C2=[N+](C)c3ccc4ccccc4c3C2(C)C)C(C)(C)c2cc(Cl)ccc21.CN1/C(=C/C=C2\CCCC(/C=C/C3=[N+](C)c4ccccc4C3(C)C)=C2Sc2ccccc2)C(C)(C)c2ccccc21.FP(F)(F)(F)F.[Cl-].[F-]. The molecular weight excluding hydrogens is 1130 g/mol. The smallest absolute Gasteiger partial charge is 1.00 e. The molecule has 6 aromatic rings. The first-order valence-corrected chi connectivity index (χ1v) is 30.4. The van der Waals surface area contributed by atoms with Gasteiger partial charge in [-0.1, -0.05) is 160 Å². The van der Waals surface area contributed by atoms with Crippen molar-refractivity contribution in [2.75, 3.05) is 38.0 Å². The van der Waals surface area contributed by atoms with Crippen LogP contribution in [-0.2, 0) is 21.7 Å². The van der Waals surface area contributed by atoms with Crippen molar-refractivity contribution in [1.29, 1.82) is 0 Å². The van der Waals surface area contributed by atoms with Crippen molar-refractivity contribution in [3.8, 4) is 0 Å². The van der Waals surface area contributed by atoms with Crippen LogP contribution in [0.15, 0.2) is 220 Å². The number of hydrogen-bond acceptors (Lipinski definition) is 3. The van der Waals surface area contributed by atoms with Crippen LogP contribution in [0.3, 0.4) is 0 Å². The van der Waals surface area contributed by atoms with Crippen LogP contribution in [0.4, 0.5) is 43.7 Å². The molecule has 0 spiro atoms. The van der Waals surface area contributed by atoms with E-state index in [1.165, 1.54) is 106 Å². The van der Waals surface area contributed by atoms with Crippen LogP contribution in [0.2, 0.25) is 5.02 Å². The molecule has 11 rings (SSSR count). The van der Waals surface area contributed by atoms with Gasteiger partial charge < -0.3 is 26.9 Å². The predicted molar refractivity (Wildman–Crippen MR) is 336 cm³/mol. The van der Waals surface area contributed by atoms with E-state index in [-0.39, 0.29) is 38.8 Å². The molecule has 6 aromatic carbocycles. The third-order valence-electron chi connectivity index (χ3n) is 16.8. The van der Waals surface area contributed by atoms with Gasteiger partial charge >= 0.3 is 29.1 Å². The second-order valence-electron chi connectivity index (χ2n) is 23.5. The number of para-hydroxylation sites is 2. The van der Waals surface area contributed by atoms with Gasteiger partial charge in [0.2, 0.25) is 11.4 Å². The summed E-state index contributed by atoms with van der Waals surface area (Å²) in [5.74, 6) is 0. The third-order valence-corrected chi connectivity index (χ3v) is 18.3. The number of rotatable bonds is 8. The predicted octanol–water partition coefficient (Wildman–Crippen LogP) is 14.6. The molecule has 0 saturated heterocycles. The number of benzene rings is 6. The maximum Gasteiger partial charge on any atom is -1.00 e. The Morgan fingerprint density at radius 1 is 0.542 bits per heavy atom. The van der Waals surface area contributed by atoms with Gasteiger partial charge in [0.25, 0.3) is 0 Å². The number of anilines is 2. The van der Waals surface area contributed by atoms with Crippen LogP contribution >= 0.6 is 31.5 Å². The number of allylic oxidation sites excluding steroid dienone is 13. The number of fused-ring (bicyclic) bond motifs is 6. The molecule has 1 aliphatic carbocycles. The summed E-state index contributed by atoms with van der Waals surface area (Å²) in [4.78, 5) is 7.33. The molecule has 0 fully saturated rings. The summed E-state index contributed by atoms with van der Waals surface area (Å²) in [6.07, 6.45) is 23.8. The second kappa shape index (κ2) is 24.3. The van der Waals surface area contributed by atoms with Crippen molar-refractivity contribution >= 4 is 76.5 Å². The van der Waals surface area contributed by atoms with Crippen LogP contribution in [0.5, 0.6) is 0 Å². The molecule has 5 aliphatic rings. The van der Waals surface area contributed by atoms with Crippen molar-refractivity contribution in [3.05, 3.63) is 243 Å². The first kappa shape index (κ1) is 64.2. The van der Waals surface area contributed by atoms with Gasteiger partial charge in [0.1, 0.15) is 14.1 Å². The zero-order valence-electron chi connectivity index (χ0n) is 49.2. The van der Waals surface area contributed by atoms with Crippen LogP contribution in [0.1, 0.15) is 96.9 Å². The van der Waals surface area contributed by atoms with Gasteiger partial charge in [0.15, 0.2) is 11.4 Å². The van der Waals surface area contributed by atoms with Gasteiger partial charge in [-0.15, -0.1) is 0 Å². The second-order valence-corrected chi connectivity index (χ2v) is 26.3. The molecule has 0 atom stereocenters. The summed E-state index contributed by atoms with van der Waals surface area (Å²) in [7, 11) is 0.164. The average molecular weight is 1210 g/mol. The Kier molecular flexibility index (Phi) is 18.8. The van der Waals surface area contributed by atoms with Crippen molar-refractivity contribution in [3.63, 3.8) is 0 Å². The maximum absolute atomic E-state index is 9.84. The number of likely N-dealkylation sites (N-methyl/N-ethyl adjacent to an activating group) is 2. The molecule has 436 valence electrons. The average Bonchev–Trinajstić information content (AvgIpc) is 2.02. The molecule has 0 amide bonds. The van der Waals surface area contributed by atoms with Gasteiger partial charge in [-0.05, 0) is 135 Å². The van der Waals surface area contributed by atoms with Gasteiger partial charge in [-0.3, -0.25) is 0 Å². The molecular formula is C69H73Cl2F6N4PS. The summed E-state index contributed by atoms with van der Waals surface area (Å²) >= 11 is 8.20. The quantitative estimate of drug-likeness (QED) is 0.0652. The minimum atomic E-state index is -8.55. The first-order valence-electron chi connectivity index (χ1n) is 27.5. The number of hydrogen-bond donors (Lipinski definition) is 0. The van der Waals surface area contributed by atoms with E-state index in [9.17, 15) is 21.0 Å². The zero-order chi connectivity index (χ0) is 58.5. The van der Waals surface area contributed by atoms with Crippen molar-refractivity contribution in [2.45, 2.75) is 101 Å².